The monoisotopic (exact) mass is 798 g/mol. The summed E-state index contributed by atoms with van der Waals surface area (Å²) in [5, 5.41) is 9.58. The van der Waals surface area contributed by atoms with Gasteiger partial charge in [0, 0.05) is 45.1 Å². The van der Waals surface area contributed by atoms with Gasteiger partial charge in [0.05, 0.1) is 63.1 Å². The number of nitrogens with zero attached hydrogens (tertiary/aromatic N) is 2. The number of methoxy groups -OCH3 is 2. The molecule has 4 aliphatic rings. The molecule has 0 atom stereocenters. The minimum absolute atomic E-state index is 0. The van der Waals surface area contributed by atoms with Gasteiger partial charge in [0.1, 0.15) is 6.61 Å². The first-order valence-electron chi connectivity index (χ1n) is 18.6. The second-order valence-electron chi connectivity index (χ2n) is 15.5. The summed E-state index contributed by atoms with van der Waals surface area (Å²) in [5.41, 5.74) is 0.298. The molecule has 0 bridgehead atoms. The van der Waals surface area contributed by atoms with E-state index in [1.54, 1.807) is 25.3 Å². The van der Waals surface area contributed by atoms with E-state index < -0.39 is 14.2 Å². The number of phenols is 1. The molecule has 16 heteroatoms. The van der Waals surface area contributed by atoms with Crippen LogP contribution in [0.25, 0.3) is 0 Å². The summed E-state index contributed by atoms with van der Waals surface area (Å²) in [4.78, 5) is 4.66. The minimum Gasteiger partial charge on any atom is -0.504 e. The Hall–Kier alpha value is -1.97. The van der Waals surface area contributed by atoms with Crippen LogP contribution in [0.2, 0.25) is 0 Å². The van der Waals surface area contributed by atoms with E-state index in [9.17, 15) is 5.11 Å². The Morgan fingerprint density at radius 1 is 0.630 bits per heavy atom. The molecule has 1 N–H and O–H groups in total. The highest BCUT2D eigenvalue weighted by Gasteiger charge is 2.52. The zero-order chi connectivity index (χ0) is 38.9. The summed E-state index contributed by atoms with van der Waals surface area (Å²) in [7, 11) is 2.32. The molecule has 4 fully saturated rings. The quantitative estimate of drug-likeness (QED) is 0.272. The van der Waals surface area contributed by atoms with Crippen LogP contribution in [0, 0.1) is 0 Å². The lowest BCUT2D eigenvalue weighted by atomic mass is 9.79. The van der Waals surface area contributed by atoms with Gasteiger partial charge in [-0.05, 0) is 90.6 Å². The molecule has 4 saturated heterocycles. The molecule has 0 amide bonds. The maximum atomic E-state index is 9.58. The maximum absolute atomic E-state index is 9.58. The molecule has 2 aromatic rings. The van der Waals surface area contributed by atoms with Gasteiger partial charge < -0.3 is 47.4 Å². The summed E-state index contributed by atoms with van der Waals surface area (Å²) in [6.45, 7) is 26.1. The van der Waals surface area contributed by atoms with Crippen molar-refractivity contribution < 1.29 is 47.4 Å². The minimum atomic E-state index is -0.440. The summed E-state index contributed by atoms with van der Waals surface area (Å²) in [6.07, 6.45) is 0. The van der Waals surface area contributed by atoms with E-state index in [4.69, 9.17) is 53.9 Å². The van der Waals surface area contributed by atoms with Crippen molar-refractivity contribution in [1.82, 2.24) is 9.80 Å². The van der Waals surface area contributed by atoms with Crippen LogP contribution in [0.3, 0.4) is 0 Å². The standard InChI is InChI=1S/C19H30BNO5.C13H19BO4.C6H12ClNO.ClH/c1-18(2)19(3,4)26-20(25-18)15-6-7-16(17(14-15)22-5)24-13-10-21-8-11-23-12-9-21;1-12(2)13(3,4)18-14(17-12)9-6-7-10(15)11(8-9)16-5;7-1-2-8-3-5-9-6-4-8;/h6-7,14H,8-13H2,1-5H3;6-8,15H,1-5H3;1-6H2;1H. The number of hydrogen-bond donors (Lipinski definition) is 1. The lowest BCUT2D eigenvalue weighted by molar-refractivity contribution is 0.00578. The van der Waals surface area contributed by atoms with Gasteiger partial charge in [-0.25, -0.2) is 0 Å². The summed E-state index contributed by atoms with van der Waals surface area (Å²) >= 11 is 5.55. The number of phenolic OH excluding ortho intramolecular Hbond substituents is 1. The Morgan fingerprint density at radius 3 is 1.46 bits per heavy atom. The first-order valence-corrected chi connectivity index (χ1v) is 19.1. The Bertz CT molecular complexity index is 1410. The lowest BCUT2D eigenvalue weighted by Crippen LogP contribution is -2.41. The number of hydrogen-bond acceptors (Lipinski definition) is 12. The predicted octanol–water partition coefficient (Wildman–Crippen LogP) is 4.38. The normalized spacial score (nSPS) is 21.5. The van der Waals surface area contributed by atoms with Crippen LogP contribution in [0.15, 0.2) is 36.4 Å². The van der Waals surface area contributed by atoms with E-state index in [-0.39, 0.29) is 40.6 Å². The Morgan fingerprint density at radius 2 is 1.04 bits per heavy atom. The van der Waals surface area contributed by atoms with Crippen molar-refractivity contribution in [2.75, 3.05) is 92.4 Å². The van der Waals surface area contributed by atoms with Gasteiger partial charge in [-0.2, -0.15) is 0 Å². The van der Waals surface area contributed by atoms with Crippen LogP contribution in [0.5, 0.6) is 23.0 Å². The van der Waals surface area contributed by atoms with Gasteiger partial charge in [0.25, 0.3) is 0 Å². The van der Waals surface area contributed by atoms with Crippen LogP contribution in [-0.4, -0.2) is 144 Å². The van der Waals surface area contributed by atoms with Gasteiger partial charge >= 0.3 is 14.2 Å². The third-order valence-electron chi connectivity index (χ3n) is 10.7. The molecule has 12 nitrogen and oxygen atoms in total. The molecular formula is C38H62B2Cl2N2O10. The van der Waals surface area contributed by atoms with E-state index in [2.05, 4.69) is 9.80 Å². The molecular weight excluding hydrogens is 737 g/mol. The fourth-order valence-corrected chi connectivity index (χ4v) is 6.04. The van der Waals surface area contributed by atoms with Crippen molar-refractivity contribution in [1.29, 1.82) is 0 Å². The Balaban J connectivity index is 0.000000242. The fraction of sp³-hybridized carbons (Fsp3) is 0.684. The van der Waals surface area contributed by atoms with Gasteiger partial charge in [-0.3, -0.25) is 9.80 Å². The van der Waals surface area contributed by atoms with Gasteiger partial charge in [0.2, 0.25) is 0 Å². The average molecular weight is 799 g/mol. The molecule has 0 spiro atoms. The Labute approximate surface area is 335 Å². The molecule has 2 aromatic carbocycles. The molecule has 0 saturated carbocycles. The van der Waals surface area contributed by atoms with Crippen LogP contribution >= 0.6 is 24.0 Å². The summed E-state index contributed by atoms with van der Waals surface area (Å²) < 4.78 is 51.2. The van der Waals surface area contributed by atoms with Crippen LogP contribution < -0.4 is 25.1 Å². The second kappa shape index (κ2) is 20.5. The predicted molar refractivity (Wildman–Crippen MR) is 217 cm³/mol. The van der Waals surface area contributed by atoms with Gasteiger partial charge in [-0.1, -0.05) is 12.1 Å². The highest BCUT2D eigenvalue weighted by molar-refractivity contribution is 6.62. The number of halogens is 2. The van der Waals surface area contributed by atoms with Crippen LogP contribution in [0.4, 0.5) is 0 Å². The van der Waals surface area contributed by atoms with Gasteiger partial charge in [0.15, 0.2) is 23.0 Å². The number of aromatic hydroxyl groups is 1. The average Bonchev–Trinajstić information content (AvgIpc) is 3.49. The number of alkyl halides is 1. The highest BCUT2D eigenvalue weighted by Crippen LogP contribution is 2.38. The third-order valence-corrected chi connectivity index (χ3v) is 10.9. The largest absolute Gasteiger partial charge is 0.504 e. The Kier molecular flexibility index (Phi) is 17.6. The van der Waals surface area contributed by atoms with Crippen molar-refractivity contribution in [2.45, 2.75) is 77.8 Å². The SMILES string of the molecule is COc1cc(B2OC(C)(C)C(C)(C)O2)ccc1O.COc1cc(B2OC(C)(C)C(C)(C)O2)ccc1OCCN1CCOCC1.Cl.ClCCN1CCOCC1. The smallest absolute Gasteiger partial charge is 0.494 e. The molecule has 6 rings (SSSR count). The molecule has 304 valence electrons. The van der Waals surface area contributed by atoms with E-state index in [0.29, 0.717) is 18.1 Å². The zero-order valence-electron chi connectivity index (χ0n) is 33.9. The summed E-state index contributed by atoms with van der Waals surface area (Å²) in [5.74, 6) is 2.69. The number of rotatable bonds is 10. The molecule has 0 aliphatic carbocycles. The highest BCUT2D eigenvalue weighted by atomic mass is 35.5. The molecule has 54 heavy (non-hydrogen) atoms. The van der Waals surface area contributed by atoms with Crippen molar-refractivity contribution in [2.24, 2.45) is 0 Å². The number of morpholine rings is 2. The number of ether oxygens (including phenoxy) is 5. The van der Waals surface area contributed by atoms with Crippen LogP contribution in [0.1, 0.15) is 55.4 Å². The summed E-state index contributed by atoms with van der Waals surface area (Å²) in [6, 6.07) is 10.9. The van der Waals surface area contributed by atoms with Crippen molar-refractivity contribution in [3.8, 4) is 23.0 Å². The molecule has 4 aliphatic heterocycles. The van der Waals surface area contributed by atoms with Crippen LogP contribution in [-0.2, 0) is 28.1 Å². The van der Waals surface area contributed by atoms with Crippen molar-refractivity contribution >= 4 is 49.2 Å². The zero-order valence-corrected chi connectivity index (χ0v) is 35.5. The third kappa shape index (κ3) is 12.3. The van der Waals surface area contributed by atoms with Crippen molar-refractivity contribution in [3.63, 3.8) is 0 Å². The van der Waals surface area contributed by atoms with Crippen molar-refractivity contribution in [3.05, 3.63) is 36.4 Å². The fourth-order valence-electron chi connectivity index (χ4n) is 5.80. The van der Waals surface area contributed by atoms with E-state index in [0.717, 1.165) is 88.3 Å². The van der Waals surface area contributed by atoms with Gasteiger partial charge in [-0.15, -0.1) is 24.0 Å². The molecule has 0 aromatic heterocycles. The second-order valence-corrected chi connectivity index (χ2v) is 15.8. The maximum Gasteiger partial charge on any atom is 0.494 e. The number of benzene rings is 2. The first-order chi connectivity index (χ1) is 25.0. The van der Waals surface area contributed by atoms with E-state index in [1.165, 1.54) is 7.11 Å². The molecule has 0 unspecified atom stereocenters. The molecule has 0 radical (unpaired) electrons. The van der Waals surface area contributed by atoms with E-state index >= 15 is 0 Å². The van der Waals surface area contributed by atoms with E-state index in [1.807, 2.05) is 73.6 Å². The lowest BCUT2D eigenvalue weighted by Gasteiger charge is -2.32. The topological polar surface area (TPSA) is 110 Å². The first kappa shape index (κ1) is 46.4. The molecule has 4 heterocycles.